The zero-order chi connectivity index (χ0) is 18.0. The van der Waals surface area contributed by atoms with Gasteiger partial charge >= 0.3 is 5.97 Å². The van der Waals surface area contributed by atoms with E-state index in [0.29, 0.717) is 12.1 Å². The molecule has 3 rings (SSSR count). The predicted octanol–water partition coefficient (Wildman–Crippen LogP) is 4.07. The average Bonchev–Trinajstić information content (AvgIpc) is 2.61. The van der Waals surface area contributed by atoms with Gasteiger partial charge in [-0.15, -0.1) is 0 Å². The molecule has 0 aromatic heterocycles. The van der Waals surface area contributed by atoms with Gasteiger partial charge in [0.1, 0.15) is 0 Å². The molecular formula is C20H22N2O3. The monoisotopic (exact) mass is 338 g/mol. The minimum absolute atomic E-state index is 0.0387. The highest BCUT2D eigenvalue weighted by molar-refractivity contribution is 5.96. The van der Waals surface area contributed by atoms with Crippen molar-refractivity contribution in [1.29, 1.82) is 0 Å². The van der Waals surface area contributed by atoms with Crippen LogP contribution >= 0.6 is 0 Å². The Kier molecular flexibility index (Phi) is 4.74. The Balaban J connectivity index is 1.99. The van der Waals surface area contributed by atoms with Gasteiger partial charge in [-0.3, -0.25) is 4.79 Å². The molecule has 25 heavy (non-hydrogen) atoms. The number of anilines is 2. The number of nitrogens with zero attached hydrogens (tertiary/aromatic N) is 1. The topological polar surface area (TPSA) is 69.6 Å². The van der Waals surface area contributed by atoms with E-state index in [2.05, 4.69) is 5.32 Å². The van der Waals surface area contributed by atoms with E-state index in [1.165, 1.54) is 0 Å². The molecule has 0 unspecified atom stereocenters. The number of carbonyl (C=O) groups is 2. The predicted molar refractivity (Wildman–Crippen MR) is 98.1 cm³/mol. The lowest BCUT2D eigenvalue weighted by atomic mass is 9.91. The molecule has 1 amide bonds. The highest BCUT2D eigenvalue weighted by Crippen LogP contribution is 2.39. The van der Waals surface area contributed by atoms with Gasteiger partial charge in [-0.2, -0.15) is 0 Å². The SMILES string of the molecule is CCC(=O)N1c2ccccc2[C@H](Nc2ccccc2C(=O)O)C[C@@H]1C. The van der Waals surface area contributed by atoms with Crippen LogP contribution < -0.4 is 10.2 Å². The molecule has 0 bridgehead atoms. The summed E-state index contributed by atoms with van der Waals surface area (Å²) in [6.45, 7) is 3.90. The van der Waals surface area contributed by atoms with E-state index in [0.717, 1.165) is 17.7 Å². The molecule has 1 aliphatic heterocycles. The summed E-state index contributed by atoms with van der Waals surface area (Å²) in [5.41, 5.74) is 2.76. The molecule has 2 atom stereocenters. The van der Waals surface area contributed by atoms with E-state index in [-0.39, 0.29) is 23.6 Å². The molecule has 0 saturated carbocycles. The van der Waals surface area contributed by atoms with Crippen molar-refractivity contribution < 1.29 is 14.7 Å². The minimum atomic E-state index is -0.956. The molecule has 130 valence electrons. The summed E-state index contributed by atoms with van der Waals surface area (Å²) in [5, 5.41) is 12.8. The first kappa shape index (κ1) is 17.0. The molecule has 0 saturated heterocycles. The molecule has 5 heteroatoms. The van der Waals surface area contributed by atoms with E-state index in [1.54, 1.807) is 18.2 Å². The molecule has 0 aliphatic carbocycles. The number of rotatable bonds is 4. The second-order valence-corrected chi connectivity index (χ2v) is 6.31. The Labute approximate surface area is 147 Å². The molecule has 0 fully saturated rings. The fourth-order valence-electron chi connectivity index (χ4n) is 3.48. The van der Waals surface area contributed by atoms with Gasteiger partial charge in [0.05, 0.1) is 11.6 Å². The van der Waals surface area contributed by atoms with Crippen LogP contribution in [0.5, 0.6) is 0 Å². The number of para-hydroxylation sites is 2. The molecule has 5 nitrogen and oxygen atoms in total. The molecular weight excluding hydrogens is 316 g/mol. The quantitative estimate of drug-likeness (QED) is 0.881. The third kappa shape index (κ3) is 3.22. The Bertz CT molecular complexity index is 803. The van der Waals surface area contributed by atoms with E-state index in [9.17, 15) is 14.7 Å². The highest BCUT2D eigenvalue weighted by Gasteiger charge is 2.33. The van der Waals surface area contributed by atoms with E-state index in [4.69, 9.17) is 0 Å². The number of aromatic carboxylic acids is 1. The second-order valence-electron chi connectivity index (χ2n) is 6.31. The zero-order valence-electron chi connectivity index (χ0n) is 14.4. The van der Waals surface area contributed by atoms with E-state index < -0.39 is 5.97 Å². The normalized spacial score (nSPS) is 19.2. The maximum atomic E-state index is 12.4. The van der Waals surface area contributed by atoms with Gasteiger partial charge in [0.15, 0.2) is 0 Å². The van der Waals surface area contributed by atoms with Crippen LogP contribution in [0, 0.1) is 0 Å². The molecule has 2 N–H and O–H groups in total. The van der Waals surface area contributed by atoms with Crippen LogP contribution in [0.4, 0.5) is 11.4 Å². The summed E-state index contributed by atoms with van der Waals surface area (Å²) < 4.78 is 0. The van der Waals surface area contributed by atoms with Crippen molar-refractivity contribution in [2.45, 2.75) is 38.8 Å². The average molecular weight is 338 g/mol. The number of amides is 1. The largest absolute Gasteiger partial charge is 0.478 e. The van der Waals surface area contributed by atoms with Crippen LogP contribution in [0.25, 0.3) is 0 Å². The van der Waals surface area contributed by atoms with Crippen LogP contribution in [0.15, 0.2) is 48.5 Å². The first-order valence-corrected chi connectivity index (χ1v) is 8.52. The van der Waals surface area contributed by atoms with Gasteiger partial charge in [0, 0.05) is 23.8 Å². The fraction of sp³-hybridized carbons (Fsp3) is 0.300. The molecule has 0 radical (unpaired) electrons. The maximum absolute atomic E-state index is 12.4. The Morgan fingerprint density at radius 1 is 1.16 bits per heavy atom. The van der Waals surface area contributed by atoms with Crippen LogP contribution in [0.1, 0.15) is 48.7 Å². The van der Waals surface area contributed by atoms with Crippen molar-refractivity contribution in [3.63, 3.8) is 0 Å². The Hall–Kier alpha value is -2.82. The molecule has 2 aromatic rings. The molecule has 1 aliphatic rings. The van der Waals surface area contributed by atoms with Crippen LogP contribution in [0.3, 0.4) is 0 Å². The fourth-order valence-corrected chi connectivity index (χ4v) is 3.48. The maximum Gasteiger partial charge on any atom is 0.337 e. The first-order valence-electron chi connectivity index (χ1n) is 8.52. The zero-order valence-corrected chi connectivity index (χ0v) is 14.4. The molecule has 2 aromatic carbocycles. The lowest BCUT2D eigenvalue weighted by Crippen LogP contribution is -2.44. The first-order chi connectivity index (χ1) is 12.0. The molecule has 0 spiro atoms. The molecule has 1 heterocycles. The van der Waals surface area contributed by atoms with Crippen molar-refractivity contribution in [2.24, 2.45) is 0 Å². The van der Waals surface area contributed by atoms with Crippen molar-refractivity contribution in [2.75, 3.05) is 10.2 Å². The summed E-state index contributed by atoms with van der Waals surface area (Å²) in [6.07, 6.45) is 1.18. The third-order valence-electron chi connectivity index (χ3n) is 4.65. The third-order valence-corrected chi connectivity index (χ3v) is 4.65. The Morgan fingerprint density at radius 2 is 1.84 bits per heavy atom. The Morgan fingerprint density at radius 3 is 2.56 bits per heavy atom. The standard InChI is InChI=1S/C20H22N2O3/c1-3-19(23)22-13(2)12-17(14-8-5-7-11-18(14)22)21-16-10-6-4-9-15(16)20(24)25/h4-11,13,17,21H,3,12H2,1-2H3,(H,24,25)/t13-,17+/m0/s1. The summed E-state index contributed by atoms with van der Waals surface area (Å²) in [6, 6.07) is 14.7. The smallest absolute Gasteiger partial charge is 0.337 e. The van der Waals surface area contributed by atoms with Crippen LogP contribution in [-0.4, -0.2) is 23.0 Å². The summed E-state index contributed by atoms with van der Waals surface area (Å²) in [4.78, 5) is 25.7. The van der Waals surface area contributed by atoms with Crippen LogP contribution in [0.2, 0.25) is 0 Å². The van der Waals surface area contributed by atoms with Gasteiger partial charge in [-0.1, -0.05) is 37.3 Å². The van der Waals surface area contributed by atoms with Gasteiger partial charge in [0.2, 0.25) is 5.91 Å². The van der Waals surface area contributed by atoms with Gasteiger partial charge < -0.3 is 15.3 Å². The second kappa shape index (κ2) is 6.97. The summed E-state index contributed by atoms with van der Waals surface area (Å²) >= 11 is 0. The number of hydrogen-bond donors (Lipinski definition) is 2. The number of benzene rings is 2. The van der Waals surface area contributed by atoms with Crippen molar-refractivity contribution >= 4 is 23.3 Å². The number of carboxylic acid groups (broad SMARTS) is 1. The highest BCUT2D eigenvalue weighted by atomic mass is 16.4. The van der Waals surface area contributed by atoms with E-state index >= 15 is 0 Å². The van der Waals surface area contributed by atoms with Gasteiger partial charge in [0.25, 0.3) is 0 Å². The van der Waals surface area contributed by atoms with Gasteiger partial charge in [-0.25, -0.2) is 4.79 Å². The van der Waals surface area contributed by atoms with Crippen LogP contribution in [-0.2, 0) is 4.79 Å². The van der Waals surface area contributed by atoms with Crippen molar-refractivity contribution in [3.8, 4) is 0 Å². The number of carbonyl (C=O) groups excluding carboxylic acids is 1. The lowest BCUT2D eigenvalue weighted by Gasteiger charge is -2.40. The number of nitrogens with one attached hydrogen (secondary N) is 1. The van der Waals surface area contributed by atoms with Gasteiger partial charge in [-0.05, 0) is 37.1 Å². The summed E-state index contributed by atoms with van der Waals surface area (Å²) in [7, 11) is 0. The number of fused-ring (bicyclic) bond motifs is 1. The summed E-state index contributed by atoms with van der Waals surface area (Å²) in [5.74, 6) is -0.854. The lowest BCUT2D eigenvalue weighted by molar-refractivity contribution is -0.118. The number of hydrogen-bond acceptors (Lipinski definition) is 3. The van der Waals surface area contributed by atoms with Crippen molar-refractivity contribution in [3.05, 3.63) is 59.7 Å². The van der Waals surface area contributed by atoms with Crippen molar-refractivity contribution in [1.82, 2.24) is 0 Å². The van der Waals surface area contributed by atoms with E-state index in [1.807, 2.05) is 49.1 Å². The minimum Gasteiger partial charge on any atom is -0.478 e. The number of carboxylic acids is 1.